The number of nitrogens with zero attached hydrogens (tertiary/aromatic N) is 1. The van der Waals surface area contributed by atoms with Crippen molar-refractivity contribution >= 4 is 71.7 Å². The highest BCUT2D eigenvalue weighted by Crippen LogP contribution is 2.41. The molecule has 2 heterocycles. The quantitative estimate of drug-likeness (QED) is 0.173. The summed E-state index contributed by atoms with van der Waals surface area (Å²) in [6, 6.07) is 71.1. The Morgan fingerprint density at radius 2 is 0.818 bits per heavy atom. The lowest BCUT2D eigenvalue weighted by Crippen LogP contribution is -2.10. The first-order valence-electron chi connectivity index (χ1n) is 18.7. The van der Waals surface area contributed by atoms with Gasteiger partial charge in [-0.2, -0.15) is 0 Å². The van der Waals surface area contributed by atoms with Crippen LogP contribution in [-0.2, 0) is 0 Å². The summed E-state index contributed by atoms with van der Waals surface area (Å²) < 4.78 is 12.6. The summed E-state index contributed by atoms with van der Waals surface area (Å²) in [7, 11) is 0. The molecule has 3 nitrogen and oxygen atoms in total. The van der Waals surface area contributed by atoms with Gasteiger partial charge in [0.05, 0.1) is 0 Å². The van der Waals surface area contributed by atoms with E-state index in [2.05, 4.69) is 181 Å². The van der Waals surface area contributed by atoms with Crippen molar-refractivity contribution in [2.24, 2.45) is 0 Å². The highest BCUT2D eigenvalue weighted by Gasteiger charge is 2.17. The van der Waals surface area contributed by atoms with E-state index in [9.17, 15) is 0 Å². The molecule has 0 bridgehead atoms. The lowest BCUT2D eigenvalue weighted by Gasteiger charge is -2.26. The second-order valence-corrected chi connectivity index (χ2v) is 14.1. The second-order valence-electron chi connectivity index (χ2n) is 14.1. The highest BCUT2D eigenvalue weighted by atomic mass is 16.3. The molecule has 0 unspecified atom stereocenters. The third-order valence-corrected chi connectivity index (χ3v) is 10.9. The minimum Gasteiger partial charge on any atom is -0.456 e. The van der Waals surface area contributed by atoms with Crippen LogP contribution in [0.5, 0.6) is 0 Å². The highest BCUT2D eigenvalue weighted by molar-refractivity contribution is 6.10. The van der Waals surface area contributed by atoms with E-state index in [1.54, 1.807) is 0 Å². The minimum atomic E-state index is 0.896. The van der Waals surface area contributed by atoms with Crippen LogP contribution in [0.1, 0.15) is 0 Å². The number of anilines is 3. The SMILES string of the molecule is c1cc(-c2ccc3oc4ccccc4c3c2)cc(N(c2ccc(-c3cccc4ccccc34)cc2)c2ccc(-c3cccc4c3oc3ccccc34)cc2)c1. The average Bonchev–Trinajstić information content (AvgIpc) is 3.83. The summed E-state index contributed by atoms with van der Waals surface area (Å²) in [5, 5.41) is 7.00. The van der Waals surface area contributed by atoms with Crippen molar-refractivity contribution in [3.05, 3.63) is 200 Å². The molecule has 0 radical (unpaired) electrons. The van der Waals surface area contributed by atoms with Crippen LogP contribution in [0.4, 0.5) is 17.1 Å². The van der Waals surface area contributed by atoms with Gasteiger partial charge in [0.25, 0.3) is 0 Å². The molecule has 0 aliphatic carbocycles. The third kappa shape index (κ3) is 5.28. The van der Waals surface area contributed by atoms with Crippen LogP contribution < -0.4 is 4.90 Å². The molecular weight excluding hydrogens is 671 g/mol. The molecule has 258 valence electrons. The lowest BCUT2D eigenvalue weighted by molar-refractivity contribution is 0.669. The predicted molar refractivity (Wildman–Crippen MR) is 229 cm³/mol. The largest absolute Gasteiger partial charge is 0.456 e. The van der Waals surface area contributed by atoms with Gasteiger partial charge in [0, 0.05) is 44.2 Å². The molecule has 11 rings (SSSR count). The van der Waals surface area contributed by atoms with Crippen molar-refractivity contribution in [3.63, 3.8) is 0 Å². The number of para-hydroxylation sites is 3. The standard InChI is InChI=1S/C52H33NO2/c1-2-14-42-34(10-1)11-8-17-43(42)35-22-27-39(28-23-35)53(40-29-24-36(25-30-40)44-18-9-19-47-45-15-3-6-21-50(45)55-52(44)47)41-13-7-12-37(32-41)38-26-31-51-48(33-38)46-16-4-5-20-49(46)54-51/h1-33H. The Kier molecular flexibility index (Phi) is 7.17. The van der Waals surface area contributed by atoms with Gasteiger partial charge in [0.1, 0.15) is 22.3 Å². The van der Waals surface area contributed by atoms with Crippen LogP contribution in [0.15, 0.2) is 209 Å². The molecule has 0 saturated carbocycles. The first-order chi connectivity index (χ1) is 27.2. The first-order valence-corrected chi connectivity index (χ1v) is 18.7. The van der Waals surface area contributed by atoms with Crippen molar-refractivity contribution in [3.8, 4) is 33.4 Å². The molecule has 55 heavy (non-hydrogen) atoms. The Morgan fingerprint density at radius 3 is 1.60 bits per heavy atom. The zero-order chi connectivity index (χ0) is 36.3. The van der Waals surface area contributed by atoms with Gasteiger partial charge in [0.15, 0.2) is 0 Å². The van der Waals surface area contributed by atoms with E-state index >= 15 is 0 Å². The molecular formula is C52H33NO2. The lowest BCUT2D eigenvalue weighted by atomic mass is 9.98. The predicted octanol–water partition coefficient (Wildman–Crippen LogP) is 15.1. The van der Waals surface area contributed by atoms with E-state index < -0.39 is 0 Å². The third-order valence-electron chi connectivity index (χ3n) is 10.9. The number of rotatable bonds is 6. The van der Waals surface area contributed by atoms with Gasteiger partial charge < -0.3 is 13.7 Å². The number of benzene rings is 9. The zero-order valence-electron chi connectivity index (χ0n) is 29.8. The molecule has 0 N–H and O–H groups in total. The van der Waals surface area contributed by atoms with Crippen LogP contribution >= 0.6 is 0 Å². The van der Waals surface area contributed by atoms with E-state index in [4.69, 9.17) is 8.83 Å². The molecule has 0 aliphatic heterocycles. The Hall–Kier alpha value is -7.36. The maximum Gasteiger partial charge on any atom is 0.143 e. The number of hydrogen-bond acceptors (Lipinski definition) is 3. The topological polar surface area (TPSA) is 29.5 Å². The molecule has 0 atom stereocenters. The van der Waals surface area contributed by atoms with Crippen LogP contribution in [0, 0.1) is 0 Å². The van der Waals surface area contributed by atoms with Gasteiger partial charge in [-0.25, -0.2) is 0 Å². The van der Waals surface area contributed by atoms with E-state index in [0.717, 1.165) is 83.2 Å². The molecule has 9 aromatic carbocycles. The molecule has 11 aromatic rings. The summed E-state index contributed by atoms with van der Waals surface area (Å²) in [4.78, 5) is 2.34. The number of furan rings is 2. The van der Waals surface area contributed by atoms with Gasteiger partial charge in [0.2, 0.25) is 0 Å². The van der Waals surface area contributed by atoms with Crippen molar-refractivity contribution in [2.45, 2.75) is 0 Å². The summed E-state index contributed by atoms with van der Waals surface area (Å²) in [6.45, 7) is 0. The maximum absolute atomic E-state index is 6.41. The van der Waals surface area contributed by atoms with E-state index in [1.165, 1.54) is 21.9 Å². The van der Waals surface area contributed by atoms with Gasteiger partial charge >= 0.3 is 0 Å². The van der Waals surface area contributed by atoms with Gasteiger partial charge in [-0.05, 0) is 99.3 Å². The summed E-state index contributed by atoms with van der Waals surface area (Å²) in [5.41, 5.74) is 13.7. The summed E-state index contributed by atoms with van der Waals surface area (Å²) in [5.74, 6) is 0. The Labute approximate surface area is 317 Å². The van der Waals surface area contributed by atoms with Crippen molar-refractivity contribution in [1.82, 2.24) is 0 Å². The van der Waals surface area contributed by atoms with Crippen LogP contribution in [0.25, 0.3) is 88.0 Å². The number of hydrogen-bond donors (Lipinski definition) is 0. The van der Waals surface area contributed by atoms with E-state index in [0.29, 0.717) is 0 Å². The maximum atomic E-state index is 6.41. The fourth-order valence-electron chi connectivity index (χ4n) is 8.21. The Bertz CT molecular complexity index is 3200. The summed E-state index contributed by atoms with van der Waals surface area (Å²) >= 11 is 0. The normalized spacial score (nSPS) is 11.6. The van der Waals surface area contributed by atoms with Gasteiger partial charge in [-0.1, -0.05) is 140 Å². The van der Waals surface area contributed by atoms with Gasteiger partial charge in [-0.3, -0.25) is 0 Å². The Morgan fingerprint density at radius 1 is 0.291 bits per heavy atom. The van der Waals surface area contributed by atoms with Crippen molar-refractivity contribution < 1.29 is 8.83 Å². The summed E-state index contributed by atoms with van der Waals surface area (Å²) in [6.07, 6.45) is 0. The van der Waals surface area contributed by atoms with E-state index in [-0.39, 0.29) is 0 Å². The molecule has 3 heteroatoms. The Balaban J connectivity index is 1.03. The van der Waals surface area contributed by atoms with E-state index in [1.807, 2.05) is 24.3 Å². The van der Waals surface area contributed by atoms with Gasteiger partial charge in [-0.15, -0.1) is 0 Å². The van der Waals surface area contributed by atoms with Crippen LogP contribution in [0.2, 0.25) is 0 Å². The molecule has 0 aliphatic rings. The first kappa shape index (κ1) is 31.2. The fourth-order valence-corrected chi connectivity index (χ4v) is 8.21. The molecule has 0 spiro atoms. The molecule has 0 saturated heterocycles. The second kappa shape index (κ2) is 12.6. The minimum absolute atomic E-state index is 0.896. The molecule has 0 fully saturated rings. The van der Waals surface area contributed by atoms with Crippen molar-refractivity contribution in [2.75, 3.05) is 4.90 Å². The number of fused-ring (bicyclic) bond motifs is 7. The fraction of sp³-hybridized carbons (Fsp3) is 0. The smallest absolute Gasteiger partial charge is 0.143 e. The van der Waals surface area contributed by atoms with Crippen LogP contribution in [-0.4, -0.2) is 0 Å². The molecule has 0 amide bonds. The molecule has 2 aromatic heterocycles. The monoisotopic (exact) mass is 703 g/mol. The van der Waals surface area contributed by atoms with Crippen LogP contribution in [0.3, 0.4) is 0 Å². The zero-order valence-corrected chi connectivity index (χ0v) is 29.8. The van der Waals surface area contributed by atoms with Crippen molar-refractivity contribution in [1.29, 1.82) is 0 Å². The average molecular weight is 704 g/mol.